The van der Waals surface area contributed by atoms with Crippen LogP contribution in [0.2, 0.25) is 0 Å². The lowest BCUT2D eigenvalue weighted by molar-refractivity contribution is -0.122. The number of fused-ring (bicyclic) bond motifs is 3. The Kier molecular flexibility index (Phi) is 2.27. The van der Waals surface area contributed by atoms with Gasteiger partial charge in [-0.25, -0.2) is 0 Å². The van der Waals surface area contributed by atoms with Crippen molar-refractivity contribution in [3.63, 3.8) is 0 Å². The van der Waals surface area contributed by atoms with Crippen LogP contribution < -0.4 is 0 Å². The normalized spacial score (nSPS) is 39.3. The molecule has 0 aromatic heterocycles. The molecule has 3 aliphatic rings. The molecule has 1 saturated carbocycles. The first-order chi connectivity index (χ1) is 7.34. The van der Waals surface area contributed by atoms with Crippen LogP contribution in [0.15, 0.2) is 23.8 Å². The number of rotatable bonds is 0. The molecule has 3 unspecified atom stereocenters. The Morgan fingerprint density at radius 3 is 3.13 bits per heavy atom. The summed E-state index contributed by atoms with van der Waals surface area (Å²) in [4.78, 5) is 11.5. The molecule has 0 aromatic carbocycles. The Labute approximate surface area is 91.2 Å². The summed E-state index contributed by atoms with van der Waals surface area (Å²) in [5.74, 6) is 2.54. The zero-order chi connectivity index (χ0) is 10.3. The first-order valence-corrected chi connectivity index (χ1v) is 6.24. The Hall–Kier alpha value is -0.850. The van der Waals surface area contributed by atoms with E-state index in [2.05, 4.69) is 18.2 Å². The van der Waals surface area contributed by atoms with E-state index in [4.69, 9.17) is 0 Å². The molecule has 1 fully saturated rings. The number of hydrogen-bond acceptors (Lipinski definition) is 1. The topological polar surface area (TPSA) is 17.1 Å². The summed E-state index contributed by atoms with van der Waals surface area (Å²) in [6.45, 7) is 0. The first-order valence-electron chi connectivity index (χ1n) is 6.24. The quantitative estimate of drug-likeness (QED) is 0.589. The van der Waals surface area contributed by atoms with Gasteiger partial charge in [-0.3, -0.25) is 4.79 Å². The lowest BCUT2D eigenvalue weighted by Crippen LogP contribution is -2.33. The lowest BCUT2D eigenvalue weighted by atomic mass is 9.64. The fourth-order valence-corrected chi connectivity index (χ4v) is 3.55. The number of hydrogen-bond donors (Lipinski definition) is 0. The molecule has 1 nitrogen and oxygen atoms in total. The second kappa shape index (κ2) is 3.62. The maximum absolute atomic E-state index is 11.5. The van der Waals surface area contributed by atoms with Gasteiger partial charge in [0.05, 0.1) is 0 Å². The minimum atomic E-state index is 0.497. The molecular weight excluding hydrogens is 184 g/mol. The summed E-state index contributed by atoms with van der Waals surface area (Å²) in [5.41, 5.74) is 1.53. The molecule has 0 radical (unpaired) electrons. The molecule has 1 heteroatoms. The Morgan fingerprint density at radius 1 is 1.27 bits per heavy atom. The molecular formula is C14H18O. The Morgan fingerprint density at radius 2 is 2.20 bits per heavy atom. The SMILES string of the molecule is O=C1CCC2C=CC3=CCCCC3C2C1. The van der Waals surface area contributed by atoms with Gasteiger partial charge >= 0.3 is 0 Å². The summed E-state index contributed by atoms with van der Waals surface area (Å²) >= 11 is 0. The highest BCUT2D eigenvalue weighted by molar-refractivity contribution is 5.79. The van der Waals surface area contributed by atoms with E-state index in [1.165, 1.54) is 24.8 Å². The Bertz CT molecular complexity index is 337. The minimum absolute atomic E-state index is 0.497. The highest BCUT2D eigenvalue weighted by Crippen LogP contribution is 2.45. The van der Waals surface area contributed by atoms with Crippen molar-refractivity contribution in [3.8, 4) is 0 Å². The van der Waals surface area contributed by atoms with Crippen LogP contribution in [0.5, 0.6) is 0 Å². The molecule has 3 aliphatic carbocycles. The summed E-state index contributed by atoms with van der Waals surface area (Å²) in [7, 11) is 0. The predicted octanol–water partition coefficient (Wildman–Crippen LogP) is 3.27. The van der Waals surface area contributed by atoms with E-state index in [-0.39, 0.29) is 0 Å². The van der Waals surface area contributed by atoms with E-state index in [1.54, 1.807) is 0 Å². The molecule has 0 N–H and O–H groups in total. The summed E-state index contributed by atoms with van der Waals surface area (Å²) < 4.78 is 0. The molecule has 0 heterocycles. The third-order valence-electron chi connectivity index (χ3n) is 4.35. The van der Waals surface area contributed by atoms with E-state index in [0.717, 1.165) is 19.3 Å². The minimum Gasteiger partial charge on any atom is -0.300 e. The number of carbonyl (C=O) groups excluding carboxylic acids is 1. The molecule has 3 rings (SSSR count). The van der Waals surface area contributed by atoms with Gasteiger partial charge in [0.25, 0.3) is 0 Å². The van der Waals surface area contributed by atoms with Gasteiger partial charge in [-0.05, 0) is 49.0 Å². The largest absolute Gasteiger partial charge is 0.300 e. The van der Waals surface area contributed by atoms with Crippen LogP contribution in [0.1, 0.15) is 38.5 Å². The van der Waals surface area contributed by atoms with Gasteiger partial charge in [0.2, 0.25) is 0 Å². The van der Waals surface area contributed by atoms with Crippen molar-refractivity contribution in [3.05, 3.63) is 23.8 Å². The van der Waals surface area contributed by atoms with Crippen LogP contribution >= 0.6 is 0 Å². The van der Waals surface area contributed by atoms with Crippen LogP contribution in [0.4, 0.5) is 0 Å². The van der Waals surface area contributed by atoms with Crippen LogP contribution in [0, 0.1) is 17.8 Å². The van der Waals surface area contributed by atoms with Crippen LogP contribution in [-0.2, 0) is 4.79 Å². The average molecular weight is 202 g/mol. The average Bonchev–Trinajstić information content (AvgIpc) is 2.29. The molecule has 0 amide bonds. The second-order valence-electron chi connectivity index (χ2n) is 5.21. The maximum Gasteiger partial charge on any atom is 0.133 e. The smallest absolute Gasteiger partial charge is 0.133 e. The van der Waals surface area contributed by atoms with Crippen molar-refractivity contribution < 1.29 is 4.79 Å². The van der Waals surface area contributed by atoms with Gasteiger partial charge in [0.1, 0.15) is 5.78 Å². The van der Waals surface area contributed by atoms with E-state index < -0.39 is 0 Å². The third-order valence-corrected chi connectivity index (χ3v) is 4.35. The number of Topliss-reactive ketones (excluding diaryl/α,β-unsaturated/α-hetero) is 1. The van der Waals surface area contributed by atoms with Gasteiger partial charge < -0.3 is 0 Å². The summed E-state index contributed by atoms with van der Waals surface area (Å²) in [6.07, 6.45) is 13.7. The van der Waals surface area contributed by atoms with Crippen molar-refractivity contribution in [2.24, 2.45) is 17.8 Å². The highest BCUT2D eigenvalue weighted by atomic mass is 16.1. The predicted molar refractivity (Wildman–Crippen MR) is 60.4 cm³/mol. The van der Waals surface area contributed by atoms with E-state index in [1.807, 2.05) is 0 Å². The van der Waals surface area contributed by atoms with Crippen molar-refractivity contribution >= 4 is 5.78 Å². The van der Waals surface area contributed by atoms with E-state index >= 15 is 0 Å². The maximum atomic E-state index is 11.5. The second-order valence-corrected chi connectivity index (χ2v) is 5.21. The molecule has 3 atom stereocenters. The van der Waals surface area contributed by atoms with Crippen molar-refractivity contribution in [1.82, 2.24) is 0 Å². The fourth-order valence-electron chi connectivity index (χ4n) is 3.55. The van der Waals surface area contributed by atoms with Gasteiger partial charge in [-0.1, -0.05) is 18.2 Å². The number of ketones is 1. The monoisotopic (exact) mass is 202 g/mol. The summed E-state index contributed by atoms with van der Waals surface area (Å²) in [5, 5.41) is 0. The zero-order valence-corrected chi connectivity index (χ0v) is 9.11. The lowest BCUT2D eigenvalue weighted by Gasteiger charge is -2.40. The third kappa shape index (κ3) is 1.58. The van der Waals surface area contributed by atoms with Gasteiger partial charge in [-0.2, -0.15) is 0 Å². The highest BCUT2D eigenvalue weighted by Gasteiger charge is 2.37. The van der Waals surface area contributed by atoms with Crippen LogP contribution in [-0.4, -0.2) is 5.78 Å². The van der Waals surface area contributed by atoms with E-state index in [9.17, 15) is 4.79 Å². The van der Waals surface area contributed by atoms with Gasteiger partial charge in [0, 0.05) is 12.8 Å². The molecule has 15 heavy (non-hydrogen) atoms. The molecule has 0 saturated heterocycles. The number of allylic oxidation sites excluding steroid dienone is 4. The van der Waals surface area contributed by atoms with Gasteiger partial charge in [0.15, 0.2) is 0 Å². The Balaban J connectivity index is 1.91. The molecule has 0 spiro atoms. The van der Waals surface area contributed by atoms with E-state index in [0.29, 0.717) is 23.5 Å². The zero-order valence-electron chi connectivity index (χ0n) is 9.11. The number of carbonyl (C=O) groups is 1. The van der Waals surface area contributed by atoms with Crippen LogP contribution in [0.25, 0.3) is 0 Å². The van der Waals surface area contributed by atoms with Crippen molar-refractivity contribution in [2.75, 3.05) is 0 Å². The first kappa shape index (κ1) is 9.38. The van der Waals surface area contributed by atoms with Crippen molar-refractivity contribution in [2.45, 2.75) is 38.5 Å². The standard InChI is InChI=1S/C14H18O/c15-12-8-7-11-6-5-10-3-1-2-4-13(10)14(11)9-12/h3,5-6,11,13-14H,1-2,4,7-9H2. The summed E-state index contributed by atoms with van der Waals surface area (Å²) in [6, 6.07) is 0. The molecule has 0 bridgehead atoms. The van der Waals surface area contributed by atoms with Crippen LogP contribution in [0.3, 0.4) is 0 Å². The molecule has 0 aromatic rings. The molecule has 80 valence electrons. The molecule has 0 aliphatic heterocycles. The van der Waals surface area contributed by atoms with Gasteiger partial charge in [-0.15, -0.1) is 0 Å². The van der Waals surface area contributed by atoms with Crippen molar-refractivity contribution in [1.29, 1.82) is 0 Å². The fraction of sp³-hybridized carbons (Fsp3) is 0.643.